The van der Waals surface area contributed by atoms with E-state index in [4.69, 9.17) is 0 Å². The fourth-order valence-electron chi connectivity index (χ4n) is 3.07. The van der Waals surface area contributed by atoms with Crippen LogP contribution in [0.25, 0.3) is 4.96 Å². The highest BCUT2D eigenvalue weighted by Crippen LogP contribution is 2.31. The Morgan fingerprint density at radius 2 is 2.00 bits per heavy atom. The van der Waals surface area contributed by atoms with Crippen LogP contribution in [0.1, 0.15) is 35.5 Å². The monoisotopic (exact) mass is 340 g/mol. The van der Waals surface area contributed by atoms with Gasteiger partial charge in [-0.15, -0.1) is 0 Å². The fraction of sp³-hybridized carbons (Fsp3) is 0.389. The van der Waals surface area contributed by atoms with Gasteiger partial charge >= 0.3 is 0 Å². The molecule has 1 aliphatic rings. The summed E-state index contributed by atoms with van der Waals surface area (Å²) in [6.07, 6.45) is 3.68. The molecule has 2 heterocycles. The zero-order chi connectivity index (χ0) is 16.7. The molecule has 0 radical (unpaired) electrons. The van der Waals surface area contributed by atoms with Crippen molar-refractivity contribution >= 4 is 22.0 Å². The number of hydrogen-bond acceptors (Lipinski definition) is 5. The molecule has 0 saturated heterocycles. The van der Waals surface area contributed by atoms with Gasteiger partial charge in [0.15, 0.2) is 0 Å². The molecule has 1 fully saturated rings. The van der Waals surface area contributed by atoms with Gasteiger partial charge in [0.1, 0.15) is 5.01 Å². The first-order chi connectivity index (χ1) is 11.6. The summed E-state index contributed by atoms with van der Waals surface area (Å²) in [6, 6.07) is 10.8. The SMILES string of the molecule is Cc1ccc(N(Cc2cc(=O)n3nc(C)sc3n2)C2CCC2)cc1. The predicted molar refractivity (Wildman–Crippen MR) is 96.9 cm³/mol. The summed E-state index contributed by atoms with van der Waals surface area (Å²) in [4.78, 5) is 20.0. The third kappa shape index (κ3) is 2.82. The Bertz CT molecular complexity index is 924. The van der Waals surface area contributed by atoms with Crippen molar-refractivity contribution in [3.05, 3.63) is 57.0 Å². The molecule has 0 bridgehead atoms. The number of anilines is 1. The van der Waals surface area contributed by atoms with Gasteiger partial charge in [0, 0.05) is 17.8 Å². The molecule has 2 aromatic heterocycles. The molecule has 24 heavy (non-hydrogen) atoms. The Hall–Kier alpha value is -2.21. The fourth-order valence-corrected chi connectivity index (χ4v) is 3.84. The number of hydrogen-bond donors (Lipinski definition) is 0. The molecule has 4 rings (SSSR count). The molecule has 124 valence electrons. The highest BCUT2D eigenvalue weighted by molar-refractivity contribution is 7.16. The minimum absolute atomic E-state index is 0.100. The maximum atomic E-state index is 12.3. The lowest BCUT2D eigenvalue weighted by Gasteiger charge is -2.39. The molecule has 1 saturated carbocycles. The van der Waals surface area contributed by atoms with Crippen molar-refractivity contribution in [2.24, 2.45) is 0 Å². The summed E-state index contributed by atoms with van der Waals surface area (Å²) >= 11 is 1.46. The van der Waals surface area contributed by atoms with Gasteiger partial charge in [-0.1, -0.05) is 29.0 Å². The van der Waals surface area contributed by atoms with Gasteiger partial charge in [-0.3, -0.25) is 4.79 Å². The first-order valence-corrected chi connectivity index (χ1v) is 9.11. The molecule has 0 aliphatic heterocycles. The van der Waals surface area contributed by atoms with E-state index in [1.807, 2.05) is 6.92 Å². The van der Waals surface area contributed by atoms with Crippen molar-refractivity contribution < 1.29 is 0 Å². The first-order valence-electron chi connectivity index (χ1n) is 8.30. The van der Waals surface area contributed by atoms with E-state index in [1.54, 1.807) is 6.07 Å². The first kappa shape index (κ1) is 15.3. The molecular weight excluding hydrogens is 320 g/mol. The third-order valence-electron chi connectivity index (χ3n) is 4.61. The molecule has 0 atom stereocenters. The van der Waals surface area contributed by atoms with Crippen LogP contribution in [0.5, 0.6) is 0 Å². The van der Waals surface area contributed by atoms with Gasteiger partial charge in [-0.25, -0.2) is 4.98 Å². The molecule has 0 amide bonds. The lowest BCUT2D eigenvalue weighted by atomic mass is 9.90. The van der Waals surface area contributed by atoms with E-state index < -0.39 is 0 Å². The van der Waals surface area contributed by atoms with E-state index in [9.17, 15) is 4.79 Å². The van der Waals surface area contributed by atoms with Crippen LogP contribution < -0.4 is 10.5 Å². The Kier molecular flexibility index (Phi) is 3.84. The maximum absolute atomic E-state index is 12.3. The van der Waals surface area contributed by atoms with Crippen LogP contribution in [0.3, 0.4) is 0 Å². The van der Waals surface area contributed by atoms with Crippen LogP contribution in [0, 0.1) is 13.8 Å². The number of rotatable bonds is 4. The molecule has 3 aromatic rings. The lowest BCUT2D eigenvalue weighted by Crippen LogP contribution is -2.40. The average Bonchev–Trinajstić information content (AvgIpc) is 2.87. The van der Waals surface area contributed by atoms with E-state index >= 15 is 0 Å². The summed E-state index contributed by atoms with van der Waals surface area (Å²) in [6.45, 7) is 4.65. The quantitative estimate of drug-likeness (QED) is 0.731. The Morgan fingerprint density at radius 3 is 2.67 bits per heavy atom. The second-order valence-electron chi connectivity index (χ2n) is 6.45. The molecule has 6 heteroatoms. The van der Waals surface area contributed by atoms with Gasteiger partial charge < -0.3 is 4.90 Å². The molecule has 0 spiro atoms. The molecular formula is C18H20N4OS. The van der Waals surface area contributed by atoms with E-state index in [0.717, 1.165) is 10.7 Å². The zero-order valence-electron chi connectivity index (χ0n) is 13.9. The summed E-state index contributed by atoms with van der Waals surface area (Å²) in [5, 5.41) is 5.06. The summed E-state index contributed by atoms with van der Waals surface area (Å²) < 4.78 is 1.39. The van der Waals surface area contributed by atoms with Gasteiger partial charge in [0.05, 0.1) is 12.2 Å². The highest BCUT2D eigenvalue weighted by atomic mass is 32.1. The van der Waals surface area contributed by atoms with Crippen LogP contribution in [-0.4, -0.2) is 20.6 Å². The minimum Gasteiger partial charge on any atom is -0.363 e. The van der Waals surface area contributed by atoms with Crippen molar-refractivity contribution in [2.45, 2.75) is 45.7 Å². The van der Waals surface area contributed by atoms with Crippen molar-refractivity contribution in [3.63, 3.8) is 0 Å². The Labute approximate surface area is 144 Å². The van der Waals surface area contributed by atoms with Crippen LogP contribution in [0.4, 0.5) is 5.69 Å². The van der Waals surface area contributed by atoms with Crippen LogP contribution in [-0.2, 0) is 6.54 Å². The standard InChI is InChI=1S/C18H20N4OS/c1-12-6-8-16(9-7-12)21(15-4-3-5-15)11-14-10-17(23)22-18(19-14)24-13(2)20-22/h6-10,15H,3-5,11H2,1-2H3. The highest BCUT2D eigenvalue weighted by Gasteiger charge is 2.26. The van der Waals surface area contributed by atoms with Crippen LogP contribution in [0.2, 0.25) is 0 Å². The van der Waals surface area contributed by atoms with Crippen molar-refractivity contribution in [3.8, 4) is 0 Å². The topological polar surface area (TPSA) is 50.5 Å². The van der Waals surface area contributed by atoms with Crippen molar-refractivity contribution in [2.75, 3.05) is 4.90 Å². The van der Waals surface area contributed by atoms with Gasteiger partial charge in [0.25, 0.3) is 5.56 Å². The van der Waals surface area contributed by atoms with E-state index in [2.05, 4.69) is 46.2 Å². The van der Waals surface area contributed by atoms with E-state index in [-0.39, 0.29) is 5.56 Å². The number of fused-ring (bicyclic) bond motifs is 1. The average molecular weight is 340 g/mol. The molecule has 1 aliphatic carbocycles. The second kappa shape index (κ2) is 6.02. The normalized spacial score (nSPS) is 14.8. The van der Waals surface area contributed by atoms with Gasteiger partial charge in [0.2, 0.25) is 4.96 Å². The molecule has 1 aromatic carbocycles. The molecule has 5 nitrogen and oxygen atoms in total. The number of aromatic nitrogens is 3. The van der Waals surface area contributed by atoms with Crippen molar-refractivity contribution in [1.82, 2.24) is 14.6 Å². The Balaban J connectivity index is 1.69. The largest absolute Gasteiger partial charge is 0.363 e. The van der Waals surface area contributed by atoms with E-state index in [0.29, 0.717) is 17.5 Å². The number of aryl methyl sites for hydroxylation is 2. The Morgan fingerprint density at radius 1 is 1.25 bits per heavy atom. The zero-order valence-corrected chi connectivity index (χ0v) is 14.7. The molecule has 0 N–H and O–H groups in total. The van der Waals surface area contributed by atoms with Gasteiger partial charge in [-0.2, -0.15) is 9.61 Å². The third-order valence-corrected chi connectivity index (χ3v) is 5.44. The molecule has 0 unspecified atom stereocenters. The summed E-state index contributed by atoms with van der Waals surface area (Å²) in [5.41, 5.74) is 3.17. The number of nitrogens with zero attached hydrogens (tertiary/aromatic N) is 4. The predicted octanol–water partition coefficient (Wildman–Crippen LogP) is 3.33. The summed E-state index contributed by atoms with van der Waals surface area (Å²) in [5.74, 6) is 0. The van der Waals surface area contributed by atoms with Gasteiger partial charge in [-0.05, 0) is 45.2 Å². The second-order valence-corrected chi connectivity index (χ2v) is 7.61. The van der Waals surface area contributed by atoms with E-state index in [1.165, 1.54) is 46.4 Å². The smallest absolute Gasteiger partial charge is 0.275 e. The van der Waals surface area contributed by atoms with Crippen LogP contribution >= 0.6 is 11.3 Å². The lowest BCUT2D eigenvalue weighted by molar-refractivity contribution is 0.383. The number of benzene rings is 1. The minimum atomic E-state index is -0.100. The summed E-state index contributed by atoms with van der Waals surface area (Å²) in [7, 11) is 0. The maximum Gasteiger partial charge on any atom is 0.275 e. The van der Waals surface area contributed by atoms with Crippen LogP contribution in [0.15, 0.2) is 35.1 Å². The van der Waals surface area contributed by atoms with Crippen molar-refractivity contribution in [1.29, 1.82) is 0 Å².